The van der Waals surface area contributed by atoms with E-state index < -0.39 is 30.3 Å². The molecule has 66 heavy (non-hydrogen) atoms. The highest BCUT2D eigenvalue weighted by atomic mass is 16.5. The maximum absolute atomic E-state index is 13.7. The molecule has 3 aromatic carbocycles. The molecule has 5 atom stereocenters. The number of carbonyl (C=O) groups is 5. The lowest BCUT2D eigenvalue weighted by molar-refractivity contribution is -0.139. The molecule has 16 nitrogen and oxygen atoms in total. The Labute approximate surface area is 386 Å². The minimum atomic E-state index is -0.818. The second kappa shape index (κ2) is 21.5. The molecule has 0 unspecified atom stereocenters. The van der Waals surface area contributed by atoms with Crippen molar-refractivity contribution in [2.45, 2.75) is 83.6 Å². The Morgan fingerprint density at radius 3 is 1.73 bits per heavy atom. The summed E-state index contributed by atoms with van der Waals surface area (Å²) in [5, 5.41) is 11.2. The number of aromatic nitrogens is 1. The van der Waals surface area contributed by atoms with Gasteiger partial charge in [-0.25, -0.2) is 14.6 Å². The molecule has 5 amide bonds. The number of hydrogen-bond donors (Lipinski definition) is 4. The molecule has 7 rings (SSSR count). The lowest BCUT2D eigenvalue weighted by atomic mass is 10.0. The van der Waals surface area contributed by atoms with E-state index in [9.17, 15) is 24.0 Å². The Morgan fingerprint density at radius 1 is 0.652 bits per heavy atom. The van der Waals surface area contributed by atoms with Crippen LogP contribution < -0.4 is 31.1 Å². The number of benzene rings is 3. The van der Waals surface area contributed by atoms with E-state index in [1.165, 1.54) is 14.2 Å². The summed E-state index contributed by atoms with van der Waals surface area (Å²) < 4.78 is 15.0. The molecular formula is C50H62N8O8. The van der Waals surface area contributed by atoms with Gasteiger partial charge in [0.05, 0.1) is 39.5 Å². The first kappa shape index (κ1) is 47.3. The molecule has 0 saturated carbocycles. The lowest BCUT2D eigenvalue weighted by Crippen LogP contribution is -2.54. The molecule has 3 fully saturated rings. The van der Waals surface area contributed by atoms with Gasteiger partial charge in [0.25, 0.3) is 0 Å². The maximum atomic E-state index is 13.7. The van der Waals surface area contributed by atoms with Crippen LogP contribution in [0.15, 0.2) is 91.1 Å². The van der Waals surface area contributed by atoms with Gasteiger partial charge in [0.1, 0.15) is 23.9 Å². The number of rotatable bonds is 14. The van der Waals surface area contributed by atoms with Crippen molar-refractivity contribution in [2.24, 2.45) is 11.8 Å². The molecule has 0 aliphatic carbocycles. The molecule has 1 aromatic heterocycles. The second-order valence-corrected chi connectivity index (χ2v) is 17.7. The van der Waals surface area contributed by atoms with Crippen molar-refractivity contribution >= 4 is 52.8 Å². The molecule has 0 spiro atoms. The SMILES string of the molecule is COC(=O)N[C@H](C(=O)Nc1ccc([C@@H]2CC[C@H](c3ccc(NC(=O)[C@@H]4CCCN4C(=O)[C@@H](NC(=O)OC)C(C)C)cc3)N2c2ccc(-c3ccc(N4CCOCC4)nc3)cc2)cc1)C(C)C. The van der Waals surface area contributed by atoms with Crippen molar-refractivity contribution in [3.63, 3.8) is 0 Å². The average molecular weight is 903 g/mol. The number of likely N-dealkylation sites (tertiary alicyclic amines) is 1. The quantitative estimate of drug-likeness (QED) is 0.0997. The number of nitrogens with one attached hydrogen (secondary N) is 4. The zero-order valence-electron chi connectivity index (χ0n) is 38.6. The summed E-state index contributed by atoms with van der Waals surface area (Å²) in [4.78, 5) is 75.5. The van der Waals surface area contributed by atoms with E-state index in [0.29, 0.717) is 44.0 Å². The number of methoxy groups -OCH3 is 2. The summed E-state index contributed by atoms with van der Waals surface area (Å²) in [5.74, 6) is -0.346. The summed E-state index contributed by atoms with van der Waals surface area (Å²) >= 11 is 0. The van der Waals surface area contributed by atoms with Gasteiger partial charge in [-0.2, -0.15) is 0 Å². The second-order valence-electron chi connectivity index (χ2n) is 17.7. The van der Waals surface area contributed by atoms with Crippen LogP contribution in [0.2, 0.25) is 0 Å². The first-order chi connectivity index (χ1) is 31.8. The first-order valence-electron chi connectivity index (χ1n) is 22.8. The van der Waals surface area contributed by atoms with Gasteiger partial charge >= 0.3 is 12.2 Å². The fraction of sp³-hybridized carbons (Fsp3) is 0.440. The van der Waals surface area contributed by atoms with Crippen molar-refractivity contribution < 1.29 is 38.2 Å². The number of nitrogens with zero attached hydrogens (tertiary/aromatic N) is 4. The molecule has 3 saturated heterocycles. The molecule has 3 aliphatic heterocycles. The van der Waals surface area contributed by atoms with Crippen molar-refractivity contribution in [1.82, 2.24) is 20.5 Å². The van der Waals surface area contributed by atoms with E-state index in [2.05, 4.69) is 67.5 Å². The van der Waals surface area contributed by atoms with Gasteiger partial charge in [0.2, 0.25) is 17.7 Å². The number of morpholine rings is 1. The predicted octanol–water partition coefficient (Wildman–Crippen LogP) is 7.30. The number of amides is 5. The Bertz CT molecular complexity index is 2300. The van der Waals surface area contributed by atoms with Crippen molar-refractivity contribution in [3.05, 3.63) is 102 Å². The fourth-order valence-electron chi connectivity index (χ4n) is 9.11. The van der Waals surface area contributed by atoms with Crippen LogP contribution in [0, 0.1) is 11.8 Å². The van der Waals surface area contributed by atoms with Crippen LogP contribution in [0.4, 0.5) is 32.5 Å². The smallest absolute Gasteiger partial charge is 0.407 e. The zero-order valence-corrected chi connectivity index (χ0v) is 38.6. The number of ether oxygens (including phenoxy) is 3. The van der Waals surface area contributed by atoms with Crippen LogP contribution in [0.25, 0.3) is 11.1 Å². The highest BCUT2D eigenvalue weighted by Gasteiger charge is 2.39. The zero-order chi connectivity index (χ0) is 46.9. The van der Waals surface area contributed by atoms with E-state index in [-0.39, 0.29) is 41.6 Å². The molecule has 3 aliphatic rings. The van der Waals surface area contributed by atoms with Crippen LogP contribution in [-0.2, 0) is 28.6 Å². The van der Waals surface area contributed by atoms with Crippen molar-refractivity contribution in [2.75, 3.05) is 67.5 Å². The molecule has 4 heterocycles. The summed E-state index contributed by atoms with van der Waals surface area (Å²) in [6.45, 7) is 10.8. The van der Waals surface area contributed by atoms with Gasteiger partial charge in [0, 0.05) is 48.5 Å². The normalized spacial score (nSPS) is 19.3. The monoisotopic (exact) mass is 902 g/mol. The van der Waals surface area contributed by atoms with Crippen molar-refractivity contribution in [3.8, 4) is 11.1 Å². The fourth-order valence-corrected chi connectivity index (χ4v) is 9.11. The van der Waals surface area contributed by atoms with Crippen LogP contribution in [-0.4, -0.2) is 105 Å². The van der Waals surface area contributed by atoms with E-state index in [0.717, 1.165) is 59.7 Å². The highest BCUT2D eigenvalue weighted by Crippen LogP contribution is 2.47. The van der Waals surface area contributed by atoms with Gasteiger partial charge in [-0.3, -0.25) is 14.4 Å². The van der Waals surface area contributed by atoms with Gasteiger partial charge < -0.3 is 50.2 Å². The van der Waals surface area contributed by atoms with Crippen molar-refractivity contribution in [1.29, 1.82) is 0 Å². The molecule has 0 radical (unpaired) electrons. The standard InChI is InChI=1S/C50H62N8O8/c1-31(2)44(54-49(62)64-5)47(60)53-38-18-11-35(12-19-38)41-23-22-40(58(41)39-20-13-33(14-21-39)36-15-24-43(51-30-36)56-26-28-66-29-27-56)34-9-16-37(17-10-34)52-46(59)42-8-7-25-57(42)48(61)45(32(3)4)55-50(63)65-6/h9-21,24,30-32,40-42,44-45H,7-8,22-23,25-29H2,1-6H3,(H,52,59)(H,53,60)(H,54,62)(H,55,63)/t40-,41+,42+,44+,45+/m1/s1. The molecular weight excluding hydrogens is 841 g/mol. The van der Waals surface area contributed by atoms with E-state index in [1.807, 2.05) is 82.4 Å². The third-order valence-electron chi connectivity index (χ3n) is 12.7. The molecule has 16 heteroatoms. The minimum Gasteiger partial charge on any atom is -0.453 e. The predicted molar refractivity (Wildman–Crippen MR) is 253 cm³/mol. The first-order valence-corrected chi connectivity index (χ1v) is 22.8. The molecule has 4 N–H and O–H groups in total. The Kier molecular flexibility index (Phi) is 15.4. The summed E-state index contributed by atoms with van der Waals surface area (Å²) in [7, 11) is 2.52. The number of carbonyl (C=O) groups excluding carboxylic acids is 5. The third-order valence-corrected chi connectivity index (χ3v) is 12.7. The Hall–Kier alpha value is -6.68. The Balaban J connectivity index is 1.10. The largest absolute Gasteiger partial charge is 0.453 e. The van der Waals surface area contributed by atoms with E-state index in [1.54, 1.807) is 4.90 Å². The number of pyridine rings is 1. The van der Waals surface area contributed by atoms with E-state index in [4.69, 9.17) is 19.2 Å². The number of hydrogen-bond acceptors (Lipinski definition) is 11. The summed E-state index contributed by atoms with van der Waals surface area (Å²) in [6.07, 6.45) is 3.46. The van der Waals surface area contributed by atoms with Crippen LogP contribution in [0.1, 0.15) is 76.6 Å². The summed E-state index contributed by atoms with van der Waals surface area (Å²) in [6, 6.07) is 26.2. The number of alkyl carbamates (subject to hydrolysis) is 2. The van der Waals surface area contributed by atoms with Crippen LogP contribution in [0.3, 0.4) is 0 Å². The lowest BCUT2D eigenvalue weighted by Gasteiger charge is -2.33. The van der Waals surface area contributed by atoms with E-state index >= 15 is 0 Å². The average Bonchev–Trinajstić information content (AvgIpc) is 4.02. The van der Waals surface area contributed by atoms with Gasteiger partial charge in [0.15, 0.2) is 0 Å². The topological polar surface area (TPSA) is 184 Å². The van der Waals surface area contributed by atoms with Gasteiger partial charge in [-0.05, 0) is 103 Å². The van der Waals surface area contributed by atoms with Gasteiger partial charge in [-0.15, -0.1) is 0 Å². The molecule has 350 valence electrons. The van der Waals surface area contributed by atoms with Crippen LogP contribution in [0.5, 0.6) is 0 Å². The van der Waals surface area contributed by atoms with Gasteiger partial charge in [-0.1, -0.05) is 64.1 Å². The Morgan fingerprint density at radius 2 is 1.20 bits per heavy atom. The minimum absolute atomic E-state index is 0.00178. The molecule has 0 bridgehead atoms. The highest BCUT2D eigenvalue weighted by molar-refractivity contribution is 5.99. The van der Waals surface area contributed by atoms with Crippen LogP contribution >= 0.6 is 0 Å². The molecule has 4 aromatic rings. The maximum Gasteiger partial charge on any atom is 0.407 e. The summed E-state index contributed by atoms with van der Waals surface area (Å²) in [5.41, 5.74) is 6.50. The number of anilines is 4. The third kappa shape index (κ3) is 11.0.